The predicted octanol–water partition coefficient (Wildman–Crippen LogP) is -1.30. The van der Waals surface area contributed by atoms with Crippen LogP contribution in [0.15, 0.2) is 11.3 Å². The zero-order valence-corrected chi connectivity index (χ0v) is 9.23. The fraction of sp³-hybridized carbons (Fsp3) is 0.750. The minimum absolute atomic E-state index is 0.00400. The highest BCUT2D eigenvalue weighted by atomic mass is 16.6. The van der Waals surface area contributed by atoms with Crippen molar-refractivity contribution < 1.29 is 20.1 Å². The molecule has 2 rings (SSSR count). The van der Waals surface area contributed by atoms with E-state index in [0.717, 1.165) is 0 Å². The maximum atomic E-state index is 9.80. The van der Waals surface area contributed by atoms with Crippen molar-refractivity contribution >= 4 is 0 Å². The van der Waals surface area contributed by atoms with Gasteiger partial charge in [-0.05, 0) is 5.53 Å². The van der Waals surface area contributed by atoms with E-state index in [1.54, 1.807) is 0 Å². The van der Waals surface area contributed by atoms with Gasteiger partial charge in [0.05, 0.1) is 25.0 Å². The van der Waals surface area contributed by atoms with Crippen LogP contribution in [0.5, 0.6) is 0 Å². The van der Waals surface area contributed by atoms with Gasteiger partial charge < -0.3 is 20.1 Å². The van der Waals surface area contributed by atoms with Gasteiger partial charge in [-0.25, -0.2) is 4.68 Å². The fourth-order valence-electron chi connectivity index (χ4n) is 1.78. The van der Waals surface area contributed by atoms with Crippen LogP contribution in [0.25, 0.3) is 10.4 Å². The number of nitrogens with zero attached hydrogens (tertiary/aromatic N) is 6. The minimum Gasteiger partial charge on any atom is -0.394 e. The number of ether oxygens (including phenoxy) is 1. The molecule has 0 amide bonds. The van der Waals surface area contributed by atoms with E-state index >= 15 is 0 Å². The van der Waals surface area contributed by atoms with Crippen LogP contribution in [0.2, 0.25) is 0 Å². The first kappa shape index (κ1) is 12.7. The van der Waals surface area contributed by atoms with Gasteiger partial charge in [-0.3, -0.25) is 0 Å². The van der Waals surface area contributed by atoms with Crippen LogP contribution in [-0.2, 0) is 11.3 Å². The molecule has 0 aliphatic carbocycles. The van der Waals surface area contributed by atoms with Crippen molar-refractivity contribution in [1.29, 1.82) is 0 Å². The molecular weight excluding hydrogens is 244 g/mol. The van der Waals surface area contributed by atoms with Gasteiger partial charge in [-0.15, -0.1) is 5.10 Å². The SMILES string of the molecule is [N-]=[N+]=NCc1cnnn1C1OC(CO)C(O)C1O. The number of aliphatic hydroxyl groups is 3. The normalized spacial score (nSPS) is 31.3. The number of hydrogen-bond donors (Lipinski definition) is 3. The van der Waals surface area contributed by atoms with Gasteiger partial charge >= 0.3 is 0 Å². The number of hydrogen-bond acceptors (Lipinski definition) is 7. The zero-order valence-electron chi connectivity index (χ0n) is 9.23. The van der Waals surface area contributed by atoms with Gasteiger partial charge in [-0.1, -0.05) is 10.3 Å². The summed E-state index contributed by atoms with van der Waals surface area (Å²) in [5, 5.41) is 39.1. The molecule has 1 aliphatic rings. The van der Waals surface area contributed by atoms with Gasteiger partial charge in [0.15, 0.2) is 6.23 Å². The summed E-state index contributed by atoms with van der Waals surface area (Å²) in [5.74, 6) is 0. The van der Waals surface area contributed by atoms with E-state index in [1.165, 1.54) is 10.9 Å². The summed E-state index contributed by atoms with van der Waals surface area (Å²) in [7, 11) is 0. The van der Waals surface area contributed by atoms with E-state index in [-0.39, 0.29) is 6.54 Å². The second-order valence-corrected chi connectivity index (χ2v) is 3.79. The van der Waals surface area contributed by atoms with E-state index in [2.05, 4.69) is 20.3 Å². The van der Waals surface area contributed by atoms with Crippen LogP contribution in [0, 0.1) is 0 Å². The predicted molar refractivity (Wildman–Crippen MR) is 55.9 cm³/mol. The number of aromatic nitrogens is 3. The standard InChI is InChI=1S/C8H12N6O4/c9-12-10-1-4-2-11-13-14(4)8-7(17)6(16)5(3-15)18-8/h2,5-8,15-17H,1,3H2. The quantitative estimate of drug-likeness (QED) is 0.346. The molecule has 1 aliphatic heterocycles. The molecule has 0 radical (unpaired) electrons. The molecule has 4 atom stereocenters. The van der Waals surface area contributed by atoms with Crippen LogP contribution in [0.1, 0.15) is 11.9 Å². The maximum Gasteiger partial charge on any atom is 0.181 e. The summed E-state index contributed by atoms with van der Waals surface area (Å²) in [5.41, 5.74) is 8.68. The van der Waals surface area contributed by atoms with Crippen LogP contribution in [0.3, 0.4) is 0 Å². The average molecular weight is 256 g/mol. The van der Waals surface area contributed by atoms with E-state index in [4.69, 9.17) is 15.4 Å². The zero-order chi connectivity index (χ0) is 13.1. The third-order valence-electron chi connectivity index (χ3n) is 2.70. The molecule has 0 aromatic carbocycles. The highest BCUT2D eigenvalue weighted by Gasteiger charge is 2.44. The Hall–Kier alpha value is -1.71. The highest BCUT2D eigenvalue weighted by Crippen LogP contribution is 2.29. The van der Waals surface area contributed by atoms with Crippen molar-refractivity contribution in [3.8, 4) is 0 Å². The summed E-state index contributed by atoms with van der Waals surface area (Å²) in [4.78, 5) is 2.61. The van der Waals surface area contributed by atoms with Crippen molar-refractivity contribution in [3.63, 3.8) is 0 Å². The first-order valence-corrected chi connectivity index (χ1v) is 5.21. The first-order chi connectivity index (χ1) is 8.69. The fourth-order valence-corrected chi connectivity index (χ4v) is 1.78. The van der Waals surface area contributed by atoms with Gasteiger partial charge in [0.2, 0.25) is 0 Å². The molecule has 1 saturated heterocycles. The second kappa shape index (κ2) is 5.29. The molecular formula is C8H12N6O4. The molecule has 2 heterocycles. The Bertz CT molecular complexity index is 458. The summed E-state index contributed by atoms with van der Waals surface area (Å²) in [6.07, 6.45) is -2.95. The number of azide groups is 1. The van der Waals surface area contributed by atoms with E-state index < -0.39 is 31.1 Å². The monoisotopic (exact) mass is 256 g/mol. The Morgan fingerprint density at radius 3 is 2.89 bits per heavy atom. The Kier molecular flexibility index (Phi) is 3.75. The summed E-state index contributed by atoms with van der Waals surface area (Å²) in [6.45, 7) is -0.426. The van der Waals surface area contributed by atoms with Gasteiger partial charge in [0, 0.05) is 4.91 Å². The van der Waals surface area contributed by atoms with Crippen LogP contribution in [-0.4, -0.2) is 55.2 Å². The molecule has 10 heteroatoms. The molecule has 0 spiro atoms. The summed E-state index contributed by atoms with van der Waals surface area (Å²) >= 11 is 0. The number of aliphatic hydroxyl groups excluding tert-OH is 3. The maximum absolute atomic E-state index is 9.80. The Balaban J connectivity index is 2.21. The molecule has 1 fully saturated rings. The van der Waals surface area contributed by atoms with Crippen molar-refractivity contribution in [2.24, 2.45) is 5.11 Å². The largest absolute Gasteiger partial charge is 0.394 e. The van der Waals surface area contributed by atoms with E-state index in [1.807, 2.05) is 0 Å². The molecule has 0 saturated carbocycles. The molecule has 3 N–H and O–H groups in total. The molecule has 4 unspecified atom stereocenters. The van der Waals surface area contributed by atoms with Crippen molar-refractivity contribution in [2.75, 3.05) is 6.61 Å². The lowest BCUT2D eigenvalue weighted by Crippen LogP contribution is -2.33. The third-order valence-corrected chi connectivity index (χ3v) is 2.70. The van der Waals surface area contributed by atoms with Gasteiger partial charge in [-0.2, -0.15) is 0 Å². The number of rotatable bonds is 4. The highest BCUT2D eigenvalue weighted by molar-refractivity contribution is 4.98. The summed E-state index contributed by atoms with van der Waals surface area (Å²) in [6, 6.07) is 0. The third kappa shape index (κ3) is 2.15. The van der Waals surface area contributed by atoms with E-state index in [9.17, 15) is 10.2 Å². The Morgan fingerprint density at radius 2 is 2.28 bits per heavy atom. The van der Waals surface area contributed by atoms with Crippen molar-refractivity contribution in [2.45, 2.75) is 31.1 Å². The van der Waals surface area contributed by atoms with Crippen molar-refractivity contribution in [1.82, 2.24) is 15.0 Å². The lowest BCUT2D eigenvalue weighted by atomic mass is 10.1. The first-order valence-electron chi connectivity index (χ1n) is 5.21. The Morgan fingerprint density at radius 1 is 1.50 bits per heavy atom. The molecule has 0 bridgehead atoms. The van der Waals surface area contributed by atoms with Crippen LogP contribution >= 0.6 is 0 Å². The average Bonchev–Trinajstić information content (AvgIpc) is 2.94. The molecule has 10 nitrogen and oxygen atoms in total. The van der Waals surface area contributed by atoms with Crippen LogP contribution < -0.4 is 0 Å². The lowest BCUT2D eigenvalue weighted by Gasteiger charge is -2.16. The lowest BCUT2D eigenvalue weighted by molar-refractivity contribution is -0.0606. The molecule has 1 aromatic rings. The molecule has 18 heavy (non-hydrogen) atoms. The topological polar surface area (TPSA) is 149 Å². The summed E-state index contributed by atoms with van der Waals surface area (Å²) < 4.78 is 6.50. The van der Waals surface area contributed by atoms with Crippen molar-refractivity contribution in [3.05, 3.63) is 22.3 Å². The smallest absolute Gasteiger partial charge is 0.181 e. The van der Waals surface area contributed by atoms with E-state index in [0.29, 0.717) is 5.69 Å². The second-order valence-electron chi connectivity index (χ2n) is 3.79. The van der Waals surface area contributed by atoms with Gasteiger partial charge in [0.1, 0.15) is 18.3 Å². The Labute approximate surface area is 101 Å². The minimum atomic E-state index is -1.24. The molecule has 1 aromatic heterocycles. The molecule has 98 valence electrons. The van der Waals surface area contributed by atoms with Crippen LogP contribution in [0.4, 0.5) is 0 Å². The van der Waals surface area contributed by atoms with Gasteiger partial charge in [0.25, 0.3) is 0 Å².